The molecule has 3 heterocycles. The first-order valence-corrected chi connectivity index (χ1v) is 11.2. The summed E-state index contributed by atoms with van der Waals surface area (Å²) >= 11 is 0. The largest absolute Gasteiger partial charge is 0.369 e. The van der Waals surface area contributed by atoms with Gasteiger partial charge in [0.05, 0.1) is 6.20 Å². The molecule has 0 aliphatic carbocycles. The van der Waals surface area contributed by atoms with E-state index in [0.717, 1.165) is 48.5 Å². The molecule has 0 bridgehead atoms. The van der Waals surface area contributed by atoms with Crippen molar-refractivity contribution in [3.63, 3.8) is 0 Å². The van der Waals surface area contributed by atoms with Crippen LogP contribution in [0.5, 0.6) is 0 Å². The van der Waals surface area contributed by atoms with Crippen LogP contribution in [0, 0.1) is 6.92 Å². The molecule has 1 N–H and O–H groups in total. The molecule has 158 valence electrons. The van der Waals surface area contributed by atoms with Gasteiger partial charge in [-0.05, 0) is 46.5 Å². The normalized spacial score (nSPS) is 14.3. The minimum atomic E-state index is 0.875. The number of benzene rings is 3. The summed E-state index contributed by atoms with van der Waals surface area (Å²) in [6.45, 7) is 6.34. The molecule has 0 unspecified atom stereocenters. The van der Waals surface area contributed by atoms with Gasteiger partial charge >= 0.3 is 0 Å². The van der Waals surface area contributed by atoms with E-state index in [1.807, 2.05) is 16.9 Å². The van der Waals surface area contributed by atoms with Crippen molar-refractivity contribution in [2.75, 3.05) is 31.1 Å². The van der Waals surface area contributed by atoms with E-state index >= 15 is 0 Å². The van der Waals surface area contributed by atoms with Gasteiger partial charge in [0.15, 0.2) is 5.65 Å². The van der Waals surface area contributed by atoms with Crippen molar-refractivity contribution in [2.45, 2.75) is 6.92 Å². The van der Waals surface area contributed by atoms with Crippen molar-refractivity contribution < 1.29 is 0 Å². The third-order valence-corrected chi connectivity index (χ3v) is 6.47. The maximum Gasteiger partial charge on any atom is 0.162 e. The zero-order chi connectivity index (χ0) is 21.5. The predicted molar refractivity (Wildman–Crippen MR) is 131 cm³/mol. The number of hydrogen-bond donors (Lipinski definition) is 1. The van der Waals surface area contributed by atoms with Gasteiger partial charge in [0.2, 0.25) is 0 Å². The number of aromatic nitrogens is 3. The summed E-state index contributed by atoms with van der Waals surface area (Å²) < 4.78 is 1.89. The Labute approximate surface area is 187 Å². The fourth-order valence-electron chi connectivity index (χ4n) is 4.70. The summed E-state index contributed by atoms with van der Waals surface area (Å²) in [4.78, 5) is 7.24. The number of piperazine rings is 1. The quantitative estimate of drug-likeness (QED) is 0.450. The van der Waals surface area contributed by atoms with Crippen molar-refractivity contribution in [3.05, 3.63) is 84.8 Å². The molecule has 2 aromatic heterocycles. The van der Waals surface area contributed by atoms with Gasteiger partial charge in [-0.25, -0.2) is 9.50 Å². The molecule has 3 aromatic carbocycles. The Morgan fingerprint density at radius 1 is 0.781 bits per heavy atom. The average molecular weight is 420 g/mol. The van der Waals surface area contributed by atoms with Crippen LogP contribution in [-0.4, -0.2) is 40.8 Å². The fourth-order valence-corrected chi connectivity index (χ4v) is 4.70. The van der Waals surface area contributed by atoms with E-state index in [1.165, 1.54) is 27.6 Å². The Bertz CT molecular complexity index is 1410. The van der Waals surface area contributed by atoms with Crippen LogP contribution in [0.25, 0.3) is 38.7 Å². The summed E-state index contributed by atoms with van der Waals surface area (Å²) in [5.41, 5.74) is 7.87. The second-order valence-corrected chi connectivity index (χ2v) is 8.43. The SMILES string of the molecule is Cc1cccc2c(-c3cnn4cc(-c5ccc(N6CCNCC6)cc5)cnc34)cccc12. The lowest BCUT2D eigenvalue weighted by atomic mass is 9.97. The summed E-state index contributed by atoms with van der Waals surface area (Å²) in [5, 5.41) is 10.5. The van der Waals surface area contributed by atoms with E-state index < -0.39 is 0 Å². The fraction of sp³-hybridized carbons (Fsp3) is 0.185. The molecule has 0 spiro atoms. The molecule has 0 radical (unpaired) electrons. The third kappa shape index (κ3) is 3.22. The first-order chi connectivity index (χ1) is 15.8. The third-order valence-electron chi connectivity index (χ3n) is 6.47. The number of anilines is 1. The molecule has 32 heavy (non-hydrogen) atoms. The van der Waals surface area contributed by atoms with Crippen molar-refractivity contribution in [3.8, 4) is 22.3 Å². The molecule has 0 amide bonds. The van der Waals surface area contributed by atoms with Gasteiger partial charge in [0.25, 0.3) is 0 Å². The number of nitrogens with zero attached hydrogens (tertiary/aromatic N) is 4. The smallest absolute Gasteiger partial charge is 0.162 e. The lowest BCUT2D eigenvalue weighted by Crippen LogP contribution is -2.43. The second-order valence-electron chi connectivity index (χ2n) is 8.43. The summed E-state index contributed by atoms with van der Waals surface area (Å²) in [6, 6.07) is 21.7. The molecule has 5 aromatic rings. The summed E-state index contributed by atoms with van der Waals surface area (Å²) in [5.74, 6) is 0. The summed E-state index contributed by atoms with van der Waals surface area (Å²) in [7, 11) is 0. The highest BCUT2D eigenvalue weighted by Crippen LogP contribution is 2.33. The molecular formula is C27H25N5. The van der Waals surface area contributed by atoms with Crippen LogP contribution in [0.3, 0.4) is 0 Å². The Balaban J connectivity index is 1.36. The first-order valence-electron chi connectivity index (χ1n) is 11.2. The second kappa shape index (κ2) is 7.77. The highest BCUT2D eigenvalue weighted by atomic mass is 15.2. The summed E-state index contributed by atoms with van der Waals surface area (Å²) in [6.07, 6.45) is 5.95. The highest BCUT2D eigenvalue weighted by molar-refractivity contribution is 6.00. The number of nitrogens with one attached hydrogen (secondary N) is 1. The van der Waals surface area contributed by atoms with Gasteiger partial charge in [0, 0.05) is 55.4 Å². The maximum atomic E-state index is 4.82. The predicted octanol–water partition coefficient (Wildman–Crippen LogP) is 4.93. The molecule has 1 fully saturated rings. The van der Waals surface area contributed by atoms with Gasteiger partial charge in [-0.3, -0.25) is 0 Å². The first kappa shape index (κ1) is 19.0. The van der Waals surface area contributed by atoms with Crippen LogP contribution in [0.15, 0.2) is 79.3 Å². The maximum absolute atomic E-state index is 4.82. The Morgan fingerprint density at radius 2 is 1.56 bits per heavy atom. The van der Waals surface area contributed by atoms with Gasteiger partial charge in [-0.1, -0.05) is 48.5 Å². The molecule has 1 saturated heterocycles. The van der Waals surface area contributed by atoms with Gasteiger partial charge in [-0.15, -0.1) is 0 Å². The molecule has 0 saturated carbocycles. The minimum absolute atomic E-state index is 0.875. The minimum Gasteiger partial charge on any atom is -0.369 e. The zero-order valence-electron chi connectivity index (χ0n) is 18.1. The van der Waals surface area contributed by atoms with Crippen molar-refractivity contribution in [2.24, 2.45) is 0 Å². The molecule has 5 heteroatoms. The van der Waals surface area contributed by atoms with Crippen LogP contribution in [0.4, 0.5) is 5.69 Å². The van der Waals surface area contributed by atoms with E-state index in [4.69, 9.17) is 4.98 Å². The van der Waals surface area contributed by atoms with E-state index in [0.29, 0.717) is 0 Å². The lowest BCUT2D eigenvalue weighted by Gasteiger charge is -2.29. The van der Waals surface area contributed by atoms with Gasteiger partial charge in [-0.2, -0.15) is 5.10 Å². The van der Waals surface area contributed by atoms with Crippen LogP contribution in [0.2, 0.25) is 0 Å². The number of hydrogen-bond acceptors (Lipinski definition) is 4. The number of rotatable bonds is 3. The van der Waals surface area contributed by atoms with Crippen LogP contribution < -0.4 is 10.2 Å². The molecule has 1 aliphatic rings. The van der Waals surface area contributed by atoms with E-state index in [9.17, 15) is 0 Å². The zero-order valence-corrected chi connectivity index (χ0v) is 18.1. The van der Waals surface area contributed by atoms with Crippen LogP contribution in [-0.2, 0) is 0 Å². The molecule has 0 atom stereocenters. The van der Waals surface area contributed by atoms with Crippen molar-refractivity contribution in [1.82, 2.24) is 19.9 Å². The van der Waals surface area contributed by atoms with Crippen molar-refractivity contribution >= 4 is 22.1 Å². The Morgan fingerprint density at radius 3 is 2.41 bits per heavy atom. The van der Waals surface area contributed by atoms with Gasteiger partial charge < -0.3 is 10.2 Å². The molecular weight excluding hydrogens is 394 g/mol. The Kier molecular flexibility index (Phi) is 4.62. The number of fused-ring (bicyclic) bond motifs is 2. The average Bonchev–Trinajstić information content (AvgIpc) is 3.28. The molecule has 6 rings (SSSR count). The molecule has 1 aliphatic heterocycles. The van der Waals surface area contributed by atoms with E-state index in [-0.39, 0.29) is 0 Å². The van der Waals surface area contributed by atoms with Crippen molar-refractivity contribution in [1.29, 1.82) is 0 Å². The lowest BCUT2D eigenvalue weighted by molar-refractivity contribution is 0.589. The monoisotopic (exact) mass is 419 g/mol. The topological polar surface area (TPSA) is 45.5 Å². The standard InChI is InChI=1S/C27H25N5/c1-19-4-2-6-24-23(19)5-3-7-25(24)26-17-30-32-18-21(16-29-27(26)32)20-8-10-22(11-9-20)31-14-12-28-13-15-31/h2-11,16-18,28H,12-15H2,1H3. The highest BCUT2D eigenvalue weighted by Gasteiger charge is 2.14. The van der Waals surface area contributed by atoms with Crippen LogP contribution >= 0.6 is 0 Å². The van der Waals surface area contributed by atoms with Crippen LogP contribution in [0.1, 0.15) is 5.56 Å². The Hall–Kier alpha value is -3.70. The van der Waals surface area contributed by atoms with E-state index in [1.54, 1.807) is 0 Å². The number of aryl methyl sites for hydroxylation is 1. The van der Waals surface area contributed by atoms with Gasteiger partial charge in [0.1, 0.15) is 0 Å². The molecule has 5 nitrogen and oxygen atoms in total. The van der Waals surface area contributed by atoms with E-state index in [2.05, 4.69) is 89.1 Å².